The fraction of sp³-hybridized carbons (Fsp3) is 0.357. The third-order valence-corrected chi connectivity index (χ3v) is 3.06. The number of ether oxygens (including phenoxy) is 3. The Morgan fingerprint density at radius 1 is 1.17 bits per heavy atom. The van der Waals surface area contributed by atoms with Gasteiger partial charge in [0.2, 0.25) is 11.7 Å². The second-order valence-electron chi connectivity index (χ2n) is 4.68. The van der Waals surface area contributed by atoms with Crippen molar-refractivity contribution in [3.8, 4) is 0 Å². The first-order valence-electron chi connectivity index (χ1n) is 6.62. The molecular weight excluding hydrogens is 341 g/mol. The van der Waals surface area contributed by atoms with E-state index in [4.69, 9.17) is 14.2 Å². The van der Waals surface area contributed by atoms with Gasteiger partial charge < -0.3 is 19.5 Å². The summed E-state index contributed by atoms with van der Waals surface area (Å²) in [5.74, 6) is -11.3. The summed E-state index contributed by atoms with van der Waals surface area (Å²) in [6.45, 7) is -0.698. The van der Waals surface area contributed by atoms with E-state index in [2.05, 4.69) is 5.32 Å². The Morgan fingerprint density at radius 2 is 1.75 bits per heavy atom. The van der Waals surface area contributed by atoms with Crippen molar-refractivity contribution in [2.75, 3.05) is 20.3 Å². The minimum Gasteiger partial charge on any atom is -0.350 e. The number of carbonyl (C=O) groups is 1. The molecule has 1 aliphatic rings. The number of hydrogen-bond acceptors (Lipinski definition) is 4. The van der Waals surface area contributed by atoms with Crippen LogP contribution in [-0.4, -0.2) is 38.7 Å². The maximum absolute atomic E-state index is 13.4. The van der Waals surface area contributed by atoms with Gasteiger partial charge in [-0.25, -0.2) is 22.0 Å². The van der Waals surface area contributed by atoms with E-state index in [1.165, 1.54) is 7.11 Å². The van der Waals surface area contributed by atoms with Gasteiger partial charge in [0, 0.05) is 19.7 Å². The van der Waals surface area contributed by atoms with Gasteiger partial charge in [0.25, 0.3) is 6.48 Å². The largest absolute Gasteiger partial charge is 0.350 e. The second kappa shape index (κ2) is 7.69. The molecule has 1 saturated heterocycles. The number of amides is 1. The van der Waals surface area contributed by atoms with Crippen LogP contribution in [0, 0.1) is 29.1 Å². The summed E-state index contributed by atoms with van der Waals surface area (Å²) < 4.78 is 80.7. The van der Waals surface area contributed by atoms with Gasteiger partial charge >= 0.3 is 0 Å². The molecule has 10 heteroatoms. The summed E-state index contributed by atoms with van der Waals surface area (Å²) in [6.07, 6.45) is 0.638. The molecule has 1 heterocycles. The van der Waals surface area contributed by atoms with E-state index in [9.17, 15) is 26.7 Å². The highest BCUT2D eigenvalue weighted by Gasteiger charge is 2.26. The SMILES string of the molecule is COC1OCC(CNC(=O)C=Cc2c(F)c(F)c(F)c(F)c2F)O1. The van der Waals surface area contributed by atoms with Gasteiger partial charge in [-0.15, -0.1) is 0 Å². The van der Waals surface area contributed by atoms with Crippen LogP contribution in [0.5, 0.6) is 0 Å². The quantitative estimate of drug-likeness (QED) is 0.380. The summed E-state index contributed by atoms with van der Waals surface area (Å²) in [7, 11) is 1.36. The Kier molecular flexibility index (Phi) is 5.86. The smallest absolute Gasteiger partial charge is 0.271 e. The molecular formula is C14H12F5NO4. The maximum atomic E-state index is 13.4. The van der Waals surface area contributed by atoms with Crippen LogP contribution in [-0.2, 0) is 19.0 Å². The van der Waals surface area contributed by atoms with Crippen LogP contribution in [0.15, 0.2) is 6.08 Å². The lowest BCUT2D eigenvalue weighted by Crippen LogP contribution is -2.32. The number of benzene rings is 1. The predicted octanol–water partition coefficient (Wildman–Crippen LogP) is 1.86. The number of halogens is 5. The monoisotopic (exact) mass is 353 g/mol. The Balaban J connectivity index is 2.00. The van der Waals surface area contributed by atoms with E-state index >= 15 is 0 Å². The lowest BCUT2D eigenvalue weighted by Gasteiger charge is -2.09. The second-order valence-corrected chi connectivity index (χ2v) is 4.68. The molecule has 1 amide bonds. The molecule has 0 spiro atoms. The maximum Gasteiger partial charge on any atom is 0.271 e. The summed E-state index contributed by atoms with van der Waals surface area (Å²) >= 11 is 0. The topological polar surface area (TPSA) is 56.8 Å². The average Bonchev–Trinajstić information content (AvgIpc) is 3.04. The van der Waals surface area contributed by atoms with Crippen molar-refractivity contribution < 1.29 is 41.0 Å². The van der Waals surface area contributed by atoms with Crippen LogP contribution in [0.3, 0.4) is 0 Å². The molecule has 5 nitrogen and oxygen atoms in total. The van der Waals surface area contributed by atoms with Crippen LogP contribution in [0.2, 0.25) is 0 Å². The normalized spacial score (nSPS) is 20.8. The number of hydrogen-bond donors (Lipinski definition) is 1. The third-order valence-electron chi connectivity index (χ3n) is 3.06. The van der Waals surface area contributed by atoms with Gasteiger partial charge in [-0.2, -0.15) is 0 Å². The zero-order valence-electron chi connectivity index (χ0n) is 12.2. The summed E-state index contributed by atoms with van der Waals surface area (Å²) in [5, 5.41) is 2.33. The van der Waals surface area contributed by atoms with E-state index in [1.54, 1.807) is 0 Å². The van der Waals surface area contributed by atoms with Gasteiger partial charge in [-0.05, 0) is 6.08 Å². The summed E-state index contributed by atoms with van der Waals surface area (Å²) in [6, 6.07) is 0. The minimum atomic E-state index is -2.27. The Morgan fingerprint density at radius 3 is 2.29 bits per heavy atom. The summed E-state index contributed by atoms with van der Waals surface area (Å²) in [4.78, 5) is 11.6. The minimum absolute atomic E-state index is 0.000137. The molecule has 0 aliphatic carbocycles. The van der Waals surface area contributed by atoms with E-state index in [1.807, 2.05) is 0 Å². The Labute approximate surface area is 133 Å². The zero-order chi connectivity index (χ0) is 17.9. The number of carbonyl (C=O) groups excluding carboxylic acids is 1. The van der Waals surface area contributed by atoms with Gasteiger partial charge in [-0.3, -0.25) is 4.79 Å². The predicted molar refractivity (Wildman–Crippen MR) is 69.9 cm³/mol. The average molecular weight is 353 g/mol. The third kappa shape index (κ3) is 3.89. The summed E-state index contributed by atoms with van der Waals surface area (Å²) in [5.41, 5.74) is -1.21. The molecule has 0 radical (unpaired) electrons. The molecule has 1 aliphatic heterocycles. The molecule has 1 fully saturated rings. The van der Waals surface area contributed by atoms with Crippen LogP contribution in [0.4, 0.5) is 22.0 Å². The first kappa shape index (κ1) is 18.3. The molecule has 132 valence electrons. The van der Waals surface area contributed by atoms with Crippen LogP contribution >= 0.6 is 0 Å². The fourth-order valence-corrected chi connectivity index (χ4v) is 1.85. The molecule has 1 aromatic rings. The molecule has 2 rings (SSSR count). The number of nitrogens with one attached hydrogen (secondary N) is 1. The zero-order valence-corrected chi connectivity index (χ0v) is 12.2. The van der Waals surface area contributed by atoms with Crippen LogP contribution in [0.25, 0.3) is 6.08 Å². The van der Waals surface area contributed by atoms with Crippen LogP contribution < -0.4 is 5.32 Å². The molecule has 0 saturated carbocycles. The Bertz CT molecular complexity index is 638. The van der Waals surface area contributed by atoms with Gasteiger partial charge in [-0.1, -0.05) is 0 Å². The van der Waals surface area contributed by atoms with Crippen LogP contribution in [0.1, 0.15) is 5.56 Å². The van der Waals surface area contributed by atoms with E-state index in [0.29, 0.717) is 12.2 Å². The van der Waals surface area contributed by atoms with Gasteiger partial charge in [0.1, 0.15) is 6.10 Å². The van der Waals surface area contributed by atoms with Crippen molar-refractivity contribution in [3.63, 3.8) is 0 Å². The highest BCUT2D eigenvalue weighted by atomic mass is 19.2. The Hall–Kier alpha value is -2.04. The standard InChI is InChI=1S/C14H12F5NO4/c1-22-14-23-5-6(24-14)4-20-8(21)3-2-7-9(15)11(17)13(19)12(18)10(7)16/h2-3,6,14H,4-5H2,1H3,(H,20,21). The molecule has 2 unspecified atom stereocenters. The van der Waals surface area contributed by atoms with E-state index in [0.717, 1.165) is 0 Å². The highest BCUT2D eigenvalue weighted by molar-refractivity contribution is 5.91. The molecule has 24 heavy (non-hydrogen) atoms. The van der Waals surface area contributed by atoms with Crippen molar-refractivity contribution in [3.05, 3.63) is 40.7 Å². The first-order valence-corrected chi connectivity index (χ1v) is 6.62. The molecule has 0 aromatic heterocycles. The molecule has 0 bridgehead atoms. The lowest BCUT2D eigenvalue weighted by molar-refractivity contribution is -0.222. The highest BCUT2D eigenvalue weighted by Crippen LogP contribution is 2.23. The van der Waals surface area contributed by atoms with Crippen molar-refractivity contribution in [2.24, 2.45) is 0 Å². The van der Waals surface area contributed by atoms with Crippen molar-refractivity contribution in [2.45, 2.75) is 12.6 Å². The lowest BCUT2D eigenvalue weighted by atomic mass is 10.1. The van der Waals surface area contributed by atoms with E-state index < -0.39 is 53.1 Å². The number of rotatable bonds is 5. The van der Waals surface area contributed by atoms with Crippen molar-refractivity contribution in [1.82, 2.24) is 5.32 Å². The molecule has 1 N–H and O–H groups in total. The molecule has 1 aromatic carbocycles. The van der Waals surface area contributed by atoms with Crippen molar-refractivity contribution >= 4 is 12.0 Å². The molecule has 2 atom stereocenters. The fourth-order valence-electron chi connectivity index (χ4n) is 1.85. The van der Waals surface area contributed by atoms with Gasteiger partial charge in [0.05, 0.1) is 12.2 Å². The van der Waals surface area contributed by atoms with Gasteiger partial charge in [0.15, 0.2) is 23.3 Å². The number of methoxy groups -OCH3 is 1. The first-order chi connectivity index (χ1) is 11.3. The van der Waals surface area contributed by atoms with Crippen molar-refractivity contribution in [1.29, 1.82) is 0 Å². The van der Waals surface area contributed by atoms with E-state index in [-0.39, 0.29) is 13.2 Å².